The van der Waals surface area contributed by atoms with E-state index in [1.165, 1.54) is 0 Å². The van der Waals surface area contributed by atoms with Crippen molar-refractivity contribution in [2.24, 2.45) is 0 Å². The number of aromatic nitrogens is 2. The number of nitrogens with one attached hydrogen (secondary N) is 1. The quantitative estimate of drug-likeness (QED) is 0.650. The van der Waals surface area contributed by atoms with Gasteiger partial charge in [-0.3, -0.25) is 14.8 Å². The number of nitro groups is 1. The molecule has 0 atom stereocenters. The van der Waals surface area contributed by atoms with E-state index in [4.69, 9.17) is 4.74 Å². The molecule has 0 aliphatic heterocycles. The van der Waals surface area contributed by atoms with Crippen LogP contribution < -0.4 is 10.1 Å². The van der Waals surface area contributed by atoms with Crippen molar-refractivity contribution in [1.82, 2.24) is 9.78 Å². The molecule has 0 saturated carbocycles. The van der Waals surface area contributed by atoms with E-state index in [1.54, 1.807) is 36.0 Å². The Labute approximate surface area is 122 Å². The summed E-state index contributed by atoms with van der Waals surface area (Å²) in [5.74, 6) is 0.253. The largest absolute Gasteiger partial charge is 0.487 e. The number of hydrogen-bond acceptors (Lipinski definition) is 5. The van der Waals surface area contributed by atoms with Crippen LogP contribution in [0, 0.1) is 10.1 Å². The van der Waals surface area contributed by atoms with Crippen molar-refractivity contribution in [2.45, 2.75) is 26.8 Å². The van der Waals surface area contributed by atoms with E-state index < -0.39 is 4.92 Å². The monoisotopic (exact) mass is 290 g/mol. The van der Waals surface area contributed by atoms with Crippen LogP contribution in [0.2, 0.25) is 0 Å². The van der Waals surface area contributed by atoms with Crippen LogP contribution >= 0.6 is 0 Å². The Balaban J connectivity index is 2.34. The molecule has 0 bridgehead atoms. The van der Waals surface area contributed by atoms with Gasteiger partial charge in [0.2, 0.25) is 0 Å². The molecule has 1 N–H and O–H groups in total. The lowest BCUT2D eigenvalue weighted by Gasteiger charge is -2.09. The van der Waals surface area contributed by atoms with E-state index >= 15 is 0 Å². The summed E-state index contributed by atoms with van der Waals surface area (Å²) in [5, 5.41) is 18.5. The van der Waals surface area contributed by atoms with Gasteiger partial charge in [0.15, 0.2) is 5.75 Å². The van der Waals surface area contributed by atoms with Crippen LogP contribution in [0.1, 0.15) is 26.8 Å². The lowest BCUT2D eigenvalue weighted by Crippen LogP contribution is -2.02. The maximum absolute atomic E-state index is 11.3. The molecule has 2 rings (SSSR count). The molecule has 7 nitrogen and oxygen atoms in total. The fourth-order valence-corrected chi connectivity index (χ4v) is 1.92. The van der Waals surface area contributed by atoms with Gasteiger partial charge in [-0.25, -0.2) is 0 Å². The maximum Gasteiger partial charge on any atom is 0.334 e. The molecule has 0 radical (unpaired) electrons. The average Bonchev–Trinajstić information content (AvgIpc) is 2.87. The summed E-state index contributed by atoms with van der Waals surface area (Å²) in [6.45, 7) is 6.18. The normalized spacial score (nSPS) is 10.7. The third-order valence-corrected chi connectivity index (χ3v) is 2.89. The van der Waals surface area contributed by atoms with Gasteiger partial charge in [0.05, 0.1) is 23.4 Å². The molecule has 0 amide bonds. The summed E-state index contributed by atoms with van der Waals surface area (Å²) in [5.41, 5.74) is 1.01. The number of hydrogen-bond donors (Lipinski definition) is 1. The van der Waals surface area contributed by atoms with Gasteiger partial charge in [-0.2, -0.15) is 5.10 Å². The van der Waals surface area contributed by atoms with Crippen LogP contribution in [0.15, 0.2) is 30.6 Å². The zero-order valence-electron chi connectivity index (χ0n) is 12.2. The van der Waals surface area contributed by atoms with Crippen molar-refractivity contribution < 1.29 is 9.66 Å². The van der Waals surface area contributed by atoms with Gasteiger partial charge >= 0.3 is 5.69 Å². The van der Waals surface area contributed by atoms with E-state index in [0.717, 1.165) is 0 Å². The number of para-hydroxylation sites is 1. The molecule has 1 aromatic heterocycles. The Morgan fingerprint density at radius 2 is 2.24 bits per heavy atom. The molecule has 1 aromatic carbocycles. The third kappa shape index (κ3) is 3.31. The molecule has 0 unspecified atom stereocenters. The summed E-state index contributed by atoms with van der Waals surface area (Å²) < 4.78 is 7.10. The highest BCUT2D eigenvalue weighted by Crippen LogP contribution is 2.36. The molecular weight excluding hydrogens is 272 g/mol. The number of rotatable bonds is 6. The predicted molar refractivity (Wildman–Crippen MR) is 80.2 cm³/mol. The molecule has 2 aromatic rings. The maximum atomic E-state index is 11.3. The van der Waals surface area contributed by atoms with Crippen molar-refractivity contribution in [2.75, 3.05) is 11.9 Å². The summed E-state index contributed by atoms with van der Waals surface area (Å²) in [6.07, 6.45) is 3.44. The minimum Gasteiger partial charge on any atom is -0.487 e. The van der Waals surface area contributed by atoms with E-state index in [1.807, 2.05) is 20.0 Å². The standard InChI is InChI=1S/C14H18N4O3/c1-4-21-13-7-5-6-12(14(13)18(19)20)16-11-8-15-17(9-11)10(2)3/h5-10,16H,4H2,1-3H3. The molecule has 0 fully saturated rings. The van der Waals surface area contributed by atoms with Crippen LogP contribution in [-0.2, 0) is 0 Å². The minimum absolute atomic E-state index is 0.0725. The van der Waals surface area contributed by atoms with E-state index in [9.17, 15) is 10.1 Å². The molecule has 0 aliphatic carbocycles. The lowest BCUT2D eigenvalue weighted by molar-refractivity contribution is -0.384. The Kier molecular flexibility index (Phi) is 4.42. The van der Waals surface area contributed by atoms with Crippen molar-refractivity contribution >= 4 is 17.1 Å². The van der Waals surface area contributed by atoms with Crippen molar-refractivity contribution in [3.63, 3.8) is 0 Å². The number of nitro benzene ring substituents is 1. The first kappa shape index (κ1) is 14.8. The molecule has 0 spiro atoms. The zero-order chi connectivity index (χ0) is 15.4. The highest BCUT2D eigenvalue weighted by molar-refractivity contribution is 5.73. The molecule has 0 aliphatic rings. The Morgan fingerprint density at radius 1 is 1.48 bits per heavy atom. The topological polar surface area (TPSA) is 82.2 Å². The van der Waals surface area contributed by atoms with Crippen LogP contribution in [0.3, 0.4) is 0 Å². The molecule has 7 heteroatoms. The van der Waals surface area contributed by atoms with Gasteiger partial charge in [-0.05, 0) is 32.9 Å². The van der Waals surface area contributed by atoms with Gasteiger partial charge in [0.1, 0.15) is 5.69 Å². The molecule has 0 saturated heterocycles. The average molecular weight is 290 g/mol. The second-order valence-electron chi connectivity index (χ2n) is 4.77. The van der Waals surface area contributed by atoms with E-state index in [0.29, 0.717) is 18.0 Å². The Bertz CT molecular complexity index is 637. The van der Waals surface area contributed by atoms with Gasteiger partial charge in [0.25, 0.3) is 0 Å². The lowest BCUT2D eigenvalue weighted by atomic mass is 10.2. The Morgan fingerprint density at radius 3 is 2.81 bits per heavy atom. The second-order valence-corrected chi connectivity index (χ2v) is 4.77. The predicted octanol–water partition coefficient (Wildman–Crippen LogP) is 3.51. The SMILES string of the molecule is CCOc1cccc(Nc2cnn(C(C)C)c2)c1[N+](=O)[O-]. The summed E-state index contributed by atoms with van der Waals surface area (Å²) >= 11 is 0. The highest BCUT2D eigenvalue weighted by atomic mass is 16.6. The van der Waals surface area contributed by atoms with Gasteiger partial charge in [-0.1, -0.05) is 6.07 Å². The van der Waals surface area contributed by atoms with E-state index in [2.05, 4.69) is 10.4 Å². The van der Waals surface area contributed by atoms with Gasteiger partial charge in [-0.15, -0.1) is 0 Å². The highest BCUT2D eigenvalue weighted by Gasteiger charge is 2.21. The smallest absolute Gasteiger partial charge is 0.334 e. The fourth-order valence-electron chi connectivity index (χ4n) is 1.92. The van der Waals surface area contributed by atoms with Crippen LogP contribution in [0.4, 0.5) is 17.1 Å². The molecule has 112 valence electrons. The van der Waals surface area contributed by atoms with Crippen molar-refractivity contribution in [3.8, 4) is 5.75 Å². The summed E-state index contributed by atoms with van der Waals surface area (Å²) in [6, 6.07) is 5.18. The first-order valence-corrected chi connectivity index (χ1v) is 6.74. The molecule has 21 heavy (non-hydrogen) atoms. The third-order valence-electron chi connectivity index (χ3n) is 2.89. The fraction of sp³-hybridized carbons (Fsp3) is 0.357. The van der Waals surface area contributed by atoms with Crippen LogP contribution in [-0.4, -0.2) is 21.3 Å². The zero-order valence-corrected chi connectivity index (χ0v) is 12.2. The van der Waals surface area contributed by atoms with Gasteiger partial charge in [0, 0.05) is 12.2 Å². The number of anilines is 2. The van der Waals surface area contributed by atoms with Crippen LogP contribution in [0.5, 0.6) is 5.75 Å². The van der Waals surface area contributed by atoms with Gasteiger partial charge < -0.3 is 10.1 Å². The van der Waals surface area contributed by atoms with Crippen LogP contribution in [0.25, 0.3) is 0 Å². The van der Waals surface area contributed by atoms with Crippen molar-refractivity contribution in [3.05, 3.63) is 40.7 Å². The first-order valence-electron chi connectivity index (χ1n) is 6.74. The second kappa shape index (κ2) is 6.25. The van der Waals surface area contributed by atoms with E-state index in [-0.39, 0.29) is 17.5 Å². The summed E-state index contributed by atoms with van der Waals surface area (Å²) in [4.78, 5) is 10.8. The number of benzene rings is 1. The number of nitrogens with zero attached hydrogens (tertiary/aromatic N) is 3. The number of ether oxygens (including phenoxy) is 1. The Hall–Kier alpha value is -2.57. The minimum atomic E-state index is -0.444. The van der Waals surface area contributed by atoms with Crippen molar-refractivity contribution in [1.29, 1.82) is 0 Å². The first-order chi connectivity index (χ1) is 10.0. The summed E-state index contributed by atoms with van der Waals surface area (Å²) in [7, 11) is 0. The molecule has 1 heterocycles. The molecular formula is C14H18N4O3.